The molecule has 1 aromatic heterocycles. The molecule has 5 nitrogen and oxygen atoms in total. The standard InChI is InChI=1S/C18H14FN5/c1-12-21-17(23-15-6-2-4-13(8-15)11-20)10-18(22-12)24-16-7-3-5-14(19)9-16/h2-10H,1H3,(H2,21,22,23,24). The van der Waals surface area contributed by atoms with Gasteiger partial charge in [-0.3, -0.25) is 0 Å². The third kappa shape index (κ3) is 3.84. The summed E-state index contributed by atoms with van der Waals surface area (Å²) in [7, 11) is 0. The molecule has 1 heterocycles. The molecule has 2 N–H and O–H groups in total. The fourth-order valence-electron chi connectivity index (χ4n) is 2.22. The Hall–Kier alpha value is -3.46. The number of aromatic nitrogens is 2. The second-order valence-electron chi connectivity index (χ2n) is 5.14. The topological polar surface area (TPSA) is 73.6 Å². The van der Waals surface area contributed by atoms with Crippen LogP contribution in [-0.4, -0.2) is 9.97 Å². The van der Waals surface area contributed by atoms with Gasteiger partial charge >= 0.3 is 0 Å². The Labute approximate surface area is 138 Å². The average molecular weight is 319 g/mol. The van der Waals surface area contributed by atoms with Crippen molar-refractivity contribution in [3.63, 3.8) is 0 Å². The van der Waals surface area contributed by atoms with E-state index in [1.165, 1.54) is 12.1 Å². The van der Waals surface area contributed by atoms with E-state index in [1.807, 2.05) is 6.07 Å². The van der Waals surface area contributed by atoms with Gasteiger partial charge in [-0.05, 0) is 43.3 Å². The van der Waals surface area contributed by atoms with Crippen molar-refractivity contribution in [3.05, 3.63) is 71.8 Å². The van der Waals surface area contributed by atoms with E-state index in [2.05, 4.69) is 26.7 Å². The molecule has 0 radical (unpaired) electrons. The van der Waals surface area contributed by atoms with Crippen LogP contribution < -0.4 is 10.6 Å². The minimum absolute atomic E-state index is 0.322. The summed E-state index contributed by atoms with van der Waals surface area (Å²) in [4.78, 5) is 8.62. The molecular weight excluding hydrogens is 305 g/mol. The Bertz CT molecular complexity index is 917. The summed E-state index contributed by atoms with van der Waals surface area (Å²) in [6.45, 7) is 1.77. The number of aryl methyl sites for hydroxylation is 1. The molecule has 0 bridgehead atoms. The molecule has 0 atom stereocenters. The Balaban J connectivity index is 1.84. The number of hydrogen-bond acceptors (Lipinski definition) is 5. The van der Waals surface area contributed by atoms with Gasteiger partial charge in [-0.2, -0.15) is 5.26 Å². The molecule has 0 spiro atoms. The smallest absolute Gasteiger partial charge is 0.136 e. The van der Waals surface area contributed by atoms with Crippen LogP contribution in [0.15, 0.2) is 54.6 Å². The third-order valence-electron chi connectivity index (χ3n) is 3.20. The van der Waals surface area contributed by atoms with E-state index in [0.29, 0.717) is 28.7 Å². The van der Waals surface area contributed by atoms with Crippen LogP contribution >= 0.6 is 0 Å². The highest BCUT2D eigenvalue weighted by molar-refractivity contribution is 5.64. The minimum Gasteiger partial charge on any atom is -0.340 e. The van der Waals surface area contributed by atoms with Crippen molar-refractivity contribution < 1.29 is 4.39 Å². The Morgan fingerprint density at radius 3 is 2.17 bits per heavy atom. The predicted octanol–water partition coefficient (Wildman–Crippen LogP) is 4.28. The van der Waals surface area contributed by atoms with Gasteiger partial charge in [0.15, 0.2) is 0 Å². The van der Waals surface area contributed by atoms with Gasteiger partial charge in [0.05, 0.1) is 11.6 Å². The van der Waals surface area contributed by atoms with Crippen molar-refractivity contribution in [1.82, 2.24) is 9.97 Å². The lowest BCUT2D eigenvalue weighted by Gasteiger charge is -2.10. The monoisotopic (exact) mass is 319 g/mol. The largest absolute Gasteiger partial charge is 0.340 e. The summed E-state index contributed by atoms with van der Waals surface area (Å²) < 4.78 is 13.3. The average Bonchev–Trinajstić information content (AvgIpc) is 2.54. The number of hydrogen-bond donors (Lipinski definition) is 2. The van der Waals surface area contributed by atoms with Crippen LogP contribution in [0.3, 0.4) is 0 Å². The van der Waals surface area contributed by atoms with Crippen LogP contribution in [0.25, 0.3) is 0 Å². The zero-order valence-corrected chi connectivity index (χ0v) is 12.9. The molecule has 3 rings (SSSR count). The van der Waals surface area contributed by atoms with Crippen LogP contribution in [0.1, 0.15) is 11.4 Å². The van der Waals surface area contributed by atoms with E-state index < -0.39 is 0 Å². The van der Waals surface area contributed by atoms with Gasteiger partial charge in [0, 0.05) is 17.4 Å². The summed E-state index contributed by atoms with van der Waals surface area (Å²) in [6, 6.07) is 17.1. The van der Waals surface area contributed by atoms with Gasteiger partial charge < -0.3 is 10.6 Å². The molecule has 3 aromatic rings. The molecule has 0 aliphatic rings. The molecule has 0 aliphatic carbocycles. The summed E-state index contributed by atoms with van der Waals surface area (Å²) in [5, 5.41) is 15.2. The lowest BCUT2D eigenvalue weighted by atomic mass is 10.2. The van der Waals surface area contributed by atoms with Crippen molar-refractivity contribution in [2.24, 2.45) is 0 Å². The van der Waals surface area contributed by atoms with Crippen molar-refractivity contribution in [3.8, 4) is 6.07 Å². The number of nitriles is 1. The van der Waals surface area contributed by atoms with Gasteiger partial charge in [0.1, 0.15) is 23.3 Å². The van der Waals surface area contributed by atoms with E-state index >= 15 is 0 Å². The van der Waals surface area contributed by atoms with E-state index in [1.54, 1.807) is 43.3 Å². The van der Waals surface area contributed by atoms with E-state index in [-0.39, 0.29) is 5.82 Å². The number of anilines is 4. The van der Waals surface area contributed by atoms with Gasteiger partial charge in [0.25, 0.3) is 0 Å². The molecule has 6 heteroatoms. The van der Waals surface area contributed by atoms with Gasteiger partial charge in [-0.1, -0.05) is 12.1 Å². The molecule has 0 saturated carbocycles. The van der Waals surface area contributed by atoms with Crippen molar-refractivity contribution in [1.29, 1.82) is 5.26 Å². The quantitative estimate of drug-likeness (QED) is 0.750. The maximum atomic E-state index is 13.3. The Morgan fingerprint density at radius 1 is 0.917 bits per heavy atom. The highest BCUT2D eigenvalue weighted by Gasteiger charge is 2.04. The number of nitrogens with one attached hydrogen (secondary N) is 2. The molecule has 24 heavy (non-hydrogen) atoms. The fraction of sp³-hybridized carbons (Fsp3) is 0.0556. The number of halogens is 1. The van der Waals surface area contributed by atoms with Crippen molar-refractivity contribution >= 4 is 23.0 Å². The minimum atomic E-state index is -0.322. The summed E-state index contributed by atoms with van der Waals surface area (Å²) in [6.07, 6.45) is 0. The first-order valence-corrected chi connectivity index (χ1v) is 7.28. The fourth-order valence-corrected chi connectivity index (χ4v) is 2.22. The summed E-state index contributed by atoms with van der Waals surface area (Å²) in [5.41, 5.74) is 1.92. The van der Waals surface area contributed by atoms with E-state index in [0.717, 1.165) is 5.69 Å². The van der Waals surface area contributed by atoms with E-state index in [9.17, 15) is 4.39 Å². The molecule has 0 aliphatic heterocycles. The molecule has 118 valence electrons. The number of nitrogens with zero attached hydrogens (tertiary/aromatic N) is 3. The van der Waals surface area contributed by atoms with Crippen molar-refractivity contribution in [2.75, 3.05) is 10.6 Å². The predicted molar refractivity (Wildman–Crippen MR) is 90.9 cm³/mol. The first-order valence-electron chi connectivity index (χ1n) is 7.28. The normalized spacial score (nSPS) is 10.0. The van der Waals surface area contributed by atoms with Gasteiger partial charge in [-0.15, -0.1) is 0 Å². The number of benzene rings is 2. The van der Waals surface area contributed by atoms with Crippen LogP contribution in [0.5, 0.6) is 0 Å². The zero-order valence-electron chi connectivity index (χ0n) is 12.9. The van der Waals surface area contributed by atoms with Crippen LogP contribution in [0, 0.1) is 24.1 Å². The maximum Gasteiger partial charge on any atom is 0.136 e. The highest BCUT2D eigenvalue weighted by atomic mass is 19.1. The van der Waals surface area contributed by atoms with Crippen LogP contribution in [0.4, 0.5) is 27.4 Å². The SMILES string of the molecule is Cc1nc(Nc2cccc(F)c2)cc(Nc2cccc(C#N)c2)n1. The van der Waals surface area contributed by atoms with Gasteiger partial charge in [-0.25, -0.2) is 14.4 Å². The molecular formula is C18H14FN5. The molecule has 0 fully saturated rings. The lowest BCUT2D eigenvalue weighted by molar-refractivity contribution is 0.628. The zero-order chi connectivity index (χ0) is 16.9. The maximum absolute atomic E-state index is 13.3. The van der Waals surface area contributed by atoms with Gasteiger partial charge in [0.2, 0.25) is 0 Å². The lowest BCUT2D eigenvalue weighted by Crippen LogP contribution is -2.01. The summed E-state index contributed by atoms with van der Waals surface area (Å²) >= 11 is 0. The van der Waals surface area contributed by atoms with Crippen molar-refractivity contribution in [2.45, 2.75) is 6.92 Å². The summed E-state index contributed by atoms with van der Waals surface area (Å²) in [5.74, 6) is 1.37. The van der Waals surface area contributed by atoms with Crippen LogP contribution in [0.2, 0.25) is 0 Å². The first kappa shape index (κ1) is 15.4. The highest BCUT2D eigenvalue weighted by Crippen LogP contribution is 2.21. The molecule has 0 saturated heterocycles. The second kappa shape index (κ2) is 6.75. The number of rotatable bonds is 4. The first-order chi connectivity index (χ1) is 11.6. The van der Waals surface area contributed by atoms with E-state index in [4.69, 9.17) is 5.26 Å². The molecule has 0 unspecified atom stereocenters. The molecule has 0 amide bonds. The Kier molecular flexibility index (Phi) is 4.34. The molecule has 2 aromatic carbocycles. The Morgan fingerprint density at radius 2 is 1.54 bits per heavy atom. The second-order valence-corrected chi connectivity index (χ2v) is 5.14. The third-order valence-corrected chi connectivity index (χ3v) is 3.20. The van der Waals surface area contributed by atoms with Crippen LogP contribution in [-0.2, 0) is 0 Å².